The summed E-state index contributed by atoms with van der Waals surface area (Å²) in [5.41, 5.74) is 5.78. The zero-order valence-corrected chi connectivity index (χ0v) is 18.0. The van der Waals surface area contributed by atoms with Crippen molar-refractivity contribution in [3.63, 3.8) is 0 Å². The Morgan fingerprint density at radius 2 is 2.10 bits per heavy atom. The monoisotopic (exact) mass is 408 g/mol. The Morgan fingerprint density at radius 3 is 2.86 bits per heavy atom. The van der Waals surface area contributed by atoms with E-state index in [-0.39, 0.29) is 11.3 Å². The minimum absolute atomic E-state index is 0.214. The lowest BCUT2D eigenvalue weighted by Crippen LogP contribution is -2.37. The maximum Gasteiger partial charge on any atom is 0.226 e. The van der Waals surface area contributed by atoms with Crippen LogP contribution in [0.5, 0.6) is 0 Å². The molecule has 2 aliphatic rings. The Kier molecular flexibility index (Phi) is 4.71. The molecule has 1 atom stereocenters. The van der Waals surface area contributed by atoms with Gasteiger partial charge >= 0.3 is 0 Å². The number of benzene rings is 1. The van der Waals surface area contributed by atoms with Gasteiger partial charge in [0.1, 0.15) is 0 Å². The van der Waals surface area contributed by atoms with E-state index < -0.39 is 0 Å². The largest absolute Gasteiger partial charge is 0.350 e. The zero-order chi connectivity index (χ0) is 20.0. The van der Waals surface area contributed by atoms with E-state index in [0.29, 0.717) is 12.5 Å². The van der Waals surface area contributed by atoms with Crippen molar-refractivity contribution in [2.75, 3.05) is 20.1 Å². The number of hydrogen-bond acceptors (Lipinski definition) is 4. The first-order valence-corrected chi connectivity index (χ1v) is 11.4. The van der Waals surface area contributed by atoms with Gasteiger partial charge in [-0.25, -0.2) is 4.98 Å². The second-order valence-electron chi connectivity index (χ2n) is 8.85. The fourth-order valence-electron chi connectivity index (χ4n) is 5.10. The highest BCUT2D eigenvalue weighted by Gasteiger charge is 2.59. The van der Waals surface area contributed by atoms with Gasteiger partial charge in [-0.2, -0.15) is 0 Å². The summed E-state index contributed by atoms with van der Waals surface area (Å²) in [4.78, 5) is 21.7. The number of carbonyl (C=O) groups excluding carboxylic acids is 1. The number of thiazole rings is 1. The van der Waals surface area contributed by atoms with Crippen LogP contribution in [0.2, 0.25) is 0 Å². The summed E-state index contributed by atoms with van der Waals surface area (Å²) in [5.74, 6) is 0.520. The molecule has 3 heterocycles. The van der Waals surface area contributed by atoms with Crippen molar-refractivity contribution >= 4 is 28.1 Å². The third kappa shape index (κ3) is 3.49. The van der Waals surface area contributed by atoms with Crippen LogP contribution in [0.15, 0.2) is 41.4 Å². The van der Waals surface area contributed by atoms with Crippen molar-refractivity contribution in [2.24, 2.45) is 18.4 Å². The molecule has 1 saturated carbocycles. The van der Waals surface area contributed by atoms with Crippen LogP contribution in [0, 0.1) is 11.3 Å². The van der Waals surface area contributed by atoms with Gasteiger partial charge in [-0.05, 0) is 49.4 Å². The third-order valence-corrected chi connectivity index (χ3v) is 7.61. The normalized spacial score (nSPS) is 21.0. The summed E-state index contributed by atoms with van der Waals surface area (Å²) in [6.45, 7) is 3.80. The molecule has 1 aromatic carbocycles. The Morgan fingerprint density at radius 1 is 1.31 bits per heavy atom. The minimum atomic E-state index is 0.214. The Hall–Kier alpha value is -2.18. The van der Waals surface area contributed by atoms with Crippen molar-refractivity contribution < 1.29 is 4.79 Å². The number of nitrogens with zero attached hydrogens (tertiary/aromatic N) is 4. The van der Waals surface area contributed by atoms with E-state index in [1.54, 1.807) is 11.3 Å². The van der Waals surface area contributed by atoms with Gasteiger partial charge in [0.05, 0.1) is 17.7 Å². The van der Waals surface area contributed by atoms with Crippen LogP contribution in [0.1, 0.15) is 30.5 Å². The lowest BCUT2D eigenvalue weighted by Gasteiger charge is -2.33. The molecule has 0 N–H and O–H groups in total. The first-order chi connectivity index (χ1) is 14.1. The average molecular weight is 409 g/mol. The highest BCUT2D eigenvalue weighted by Crippen LogP contribution is 2.60. The highest BCUT2D eigenvalue weighted by molar-refractivity contribution is 7.07. The third-order valence-electron chi connectivity index (χ3n) is 6.97. The molecule has 6 heteroatoms. The van der Waals surface area contributed by atoms with Gasteiger partial charge in [0.15, 0.2) is 0 Å². The maximum absolute atomic E-state index is 12.9. The van der Waals surface area contributed by atoms with Crippen LogP contribution in [-0.4, -0.2) is 45.4 Å². The van der Waals surface area contributed by atoms with E-state index in [1.807, 2.05) is 22.8 Å². The molecule has 5 nitrogen and oxygen atoms in total. The molecule has 1 aliphatic carbocycles. The number of piperidine rings is 1. The van der Waals surface area contributed by atoms with Gasteiger partial charge in [0, 0.05) is 49.0 Å². The van der Waals surface area contributed by atoms with Crippen molar-refractivity contribution in [3.8, 4) is 0 Å². The lowest BCUT2D eigenvalue weighted by molar-refractivity contribution is -0.133. The lowest BCUT2D eigenvalue weighted by atomic mass is 9.90. The van der Waals surface area contributed by atoms with Crippen LogP contribution in [-0.2, 0) is 24.9 Å². The molecule has 3 aromatic rings. The van der Waals surface area contributed by atoms with E-state index in [2.05, 4.69) is 52.0 Å². The molecular weight excluding hydrogens is 380 g/mol. The summed E-state index contributed by atoms with van der Waals surface area (Å²) in [6, 6.07) is 8.64. The number of fused-ring (bicyclic) bond motifs is 1. The van der Waals surface area contributed by atoms with Crippen LogP contribution < -0.4 is 0 Å². The zero-order valence-electron chi connectivity index (χ0n) is 17.2. The van der Waals surface area contributed by atoms with E-state index in [4.69, 9.17) is 0 Å². The molecule has 5 rings (SSSR count). The van der Waals surface area contributed by atoms with Gasteiger partial charge < -0.3 is 9.47 Å². The second-order valence-corrected chi connectivity index (χ2v) is 9.57. The smallest absolute Gasteiger partial charge is 0.226 e. The number of aromatic nitrogens is 2. The van der Waals surface area contributed by atoms with E-state index in [0.717, 1.165) is 44.6 Å². The first kappa shape index (κ1) is 18.8. The molecule has 152 valence electrons. The highest BCUT2D eigenvalue weighted by atomic mass is 32.1. The summed E-state index contributed by atoms with van der Waals surface area (Å²) >= 11 is 1.59. The average Bonchev–Trinajstić information content (AvgIpc) is 3.03. The molecule has 1 unspecified atom stereocenters. The molecule has 2 fully saturated rings. The van der Waals surface area contributed by atoms with Crippen LogP contribution in [0.25, 0.3) is 10.9 Å². The fourth-order valence-corrected chi connectivity index (χ4v) is 5.65. The molecule has 29 heavy (non-hydrogen) atoms. The number of rotatable bonds is 5. The number of aryl methyl sites for hydroxylation is 1. The van der Waals surface area contributed by atoms with E-state index >= 15 is 0 Å². The van der Waals surface area contributed by atoms with Gasteiger partial charge in [0.2, 0.25) is 5.91 Å². The summed E-state index contributed by atoms with van der Waals surface area (Å²) in [7, 11) is 4.04. The number of carbonyl (C=O) groups is 1. The number of likely N-dealkylation sites (tertiary alicyclic amines) is 1. The van der Waals surface area contributed by atoms with Crippen LogP contribution >= 0.6 is 11.3 Å². The predicted molar refractivity (Wildman–Crippen MR) is 117 cm³/mol. The van der Waals surface area contributed by atoms with Gasteiger partial charge in [-0.15, -0.1) is 11.3 Å². The topological polar surface area (TPSA) is 41.4 Å². The van der Waals surface area contributed by atoms with E-state index in [1.165, 1.54) is 16.5 Å². The molecule has 1 amide bonds. The Balaban J connectivity index is 1.18. The Labute approximate surface area is 175 Å². The van der Waals surface area contributed by atoms with Gasteiger partial charge in [-0.3, -0.25) is 9.69 Å². The van der Waals surface area contributed by atoms with Crippen molar-refractivity contribution in [1.82, 2.24) is 19.4 Å². The molecular formula is C23H28N4OS. The predicted octanol–water partition coefficient (Wildman–Crippen LogP) is 3.90. The summed E-state index contributed by atoms with van der Waals surface area (Å²) in [5, 5.41) is 3.39. The fraction of sp³-hybridized carbons (Fsp3) is 0.478. The Bertz CT molecular complexity index is 1020. The molecule has 1 aliphatic heterocycles. The van der Waals surface area contributed by atoms with Crippen molar-refractivity contribution in [2.45, 2.75) is 32.4 Å². The van der Waals surface area contributed by atoms with Crippen molar-refractivity contribution in [3.05, 3.63) is 52.6 Å². The van der Waals surface area contributed by atoms with Crippen molar-refractivity contribution in [1.29, 1.82) is 0 Å². The maximum atomic E-state index is 12.9. The quantitative estimate of drug-likeness (QED) is 0.643. The molecule has 0 bridgehead atoms. The van der Waals surface area contributed by atoms with Crippen LogP contribution in [0.4, 0.5) is 0 Å². The summed E-state index contributed by atoms with van der Waals surface area (Å²) in [6.07, 6.45) is 5.61. The number of hydrogen-bond donors (Lipinski definition) is 0. The molecule has 0 radical (unpaired) electrons. The van der Waals surface area contributed by atoms with E-state index in [9.17, 15) is 4.79 Å². The minimum Gasteiger partial charge on any atom is -0.350 e. The molecule has 2 aromatic heterocycles. The second kappa shape index (κ2) is 7.26. The van der Waals surface area contributed by atoms with Gasteiger partial charge in [0.25, 0.3) is 0 Å². The molecule has 1 saturated heterocycles. The van der Waals surface area contributed by atoms with Crippen LogP contribution in [0.3, 0.4) is 0 Å². The first-order valence-electron chi connectivity index (χ1n) is 10.4. The summed E-state index contributed by atoms with van der Waals surface area (Å²) < 4.78 is 2.23. The SMILES string of the molecule is CN(Cc1cscn1)C(=O)C1CC12CCN(Cc1cn(C)c3ccccc13)CC2. The molecule has 1 spiro atoms. The number of para-hydroxylation sites is 1. The number of amides is 1. The standard InChI is InChI=1S/C23H28N4OS/c1-25-12-17(19-5-3-4-6-21(19)25)13-27-9-7-23(8-10-27)11-20(23)22(28)26(2)14-18-15-29-16-24-18/h3-6,12,15-16,20H,7-11,13-14H2,1-2H3. The van der Waals surface area contributed by atoms with Gasteiger partial charge in [-0.1, -0.05) is 18.2 Å².